The lowest BCUT2D eigenvalue weighted by Crippen LogP contribution is -2.44. The van der Waals surface area contributed by atoms with Gasteiger partial charge in [-0.15, -0.1) is 0 Å². The molecule has 0 radical (unpaired) electrons. The van der Waals surface area contributed by atoms with Crippen molar-refractivity contribution < 1.29 is 42.9 Å². The maximum atomic E-state index is 12.8. The molecule has 0 aliphatic rings. The number of nitrogens with zero attached hydrogens (tertiary/aromatic N) is 1. The van der Waals surface area contributed by atoms with Gasteiger partial charge < -0.3 is 33.3 Å². The summed E-state index contributed by atoms with van der Waals surface area (Å²) in [5, 5.41) is 11.7. The van der Waals surface area contributed by atoms with E-state index in [1.54, 1.807) is 0 Å². The van der Waals surface area contributed by atoms with Gasteiger partial charge in [0.15, 0.2) is 12.4 Å². The highest BCUT2D eigenvalue weighted by molar-refractivity contribution is 5.70. The van der Waals surface area contributed by atoms with Crippen molar-refractivity contribution >= 4 is 17.9 Å². The van der Waals surface area contributed by atoms with Crippen LogP contribution >= 0.6 is 0 Å². The van der Waals surface area contributed by atoms with Crippen LogP contribution in [0.1, 0.15) is 239 Å². The number of hydrogen-bond acceptors (Lipinski definition) is 8. The van der Waals surface area contributed by atoms with Crippen LogP contribution in [0.2, 0.25) is 0 Å². The van der Waals surface area contributed by atoms with E-state index in [9.17, 15) is 19.5 Å². The minimum atomic E-state index is -1.62. The number of unbranched alkanes of at least 4 members (excludes halogenated alkanes) is 25. The van der Waals surface area contributed by atoms with Gasteiger partial charge in [0, 0.05) is 12.8 Å². The smallest absolute Gasteiger partial charge is 0.306 e. The molecule has 70 heavy (non-hydrogen) atoms. The molecule has 0 aliphatic carbocycles. The van der Waals surface area contributed by atoms with Crippen LogP contribution in [0.4, 0.5) is 0 Å². The summed E-state index contributed by atoms with van der Waals surface area (Å²) in [6, 6.07) is 0. The second-order valence-electron chi connectivity index (χ2n) is 20.2. The highest BCUT2D eigenvalue weighted by Crippen LogP contribution is 2.16. The third-order valence-electron chi connectivity index (χ3n) is 12.2. The lowest BCUT2D eigenvalue weighted by Gasteiger charge is -2.26. The molecular formula is C61H107NO8. The van der Waals surface area contributed by atoms with Crippen LogP contribution in [0.3, 0.4) is 0 Å². The number of carbonyl (C=O) groups is 3. The molecular weight excluding hydrogens is 875 g/mol. The number of esters is 2. The van der Waals surface area contributed by atoms with Crippen molar-refractivity contribution in [3.63, 3.8) is 0 Å². The van der Waals surface area contributed by atoms with Gasteiger partial charge in [0.2, 0.25) is 0 Å². The summed E-state index contributed by atoms with van der Waals surface area (Å²) >= 11 is 0. The molecule has 2 unspecified atom stereocenters. The van der Waals surface area contributed by atoms with Crippen LogP contribution in [0.15, 0.2) is 72.9 Å². The maximum absolute atomic E-state index is 12.8. The lowest BCUT2D eigenvalue weighted by atomic mass is 10.0. The first kappa shape index (κ1) is 66.7. The zero-order valence-corrected chi connectivity index (χ0v) is 45.9. The first-order valence-electron chi connectivity index (χ1n) is 28.6. The fourth-order valence-corrected chi connectivity index (χ4v) is 7.80. The van der Waals surface area contributed by atoms with Crippen LogP contribution < -0.4 is 5.11 Å². The molecule has 0 aromatic heterocycles. The topological polar surface area (TPSA) is 111 Å². The van der Waals surface area contributed by atoms with Gasteiger partial charge in [0.1, 0.15) is 13.2 Å². The van der Waals surface area contributed by atoms with Crippen molar-refractivity contribution in [3.05, 3.63) is 72.9 Å². The predicted molar refractivity (Wildman–Crippen MR) is 292 cm³/mol. The Bertz CT molecular complexity index is 1380. The molecule has 0 fully saturated rings. The second kappa shape index (κ2) is 52.1. The van der Waals surface area contributed by atoms with E-state index in [4.69, 9.17) is 18.9 Å². The van der Waals surface area contributed by atoms with Crippen molar-refractivity contribution in [2.75, 3.05) is 47.5 Å². The zero-order chi connectivity index (χ0) is 51.3. The number of carbonyl (C=O) groups excluding carboxylic acids is 3. The number of carboxylic acid groups (broad SMARTS) is 1. The van der Waals surface area contributed by atoms with E-state index in [1.165, 1.54) is 116 Å². The maximum Gasteiger partial charge on any atom is 0.306 e. The molecule has 9 heteroatoms. The highest BCUT2D eigenvalue weighted by atomic mass is 16.7. The number of aliphatic carboxylic acids is 1. The average molecular weight is 983 g/mol. The van der Waals surface area contributed by atoms with E-state index in [0.29, 0.717) is 17.4 Å². The van der Waals surface area contributed by atoms with E-state index >= 15 is 0 Å². The standard InChI is InChI=1S/C61H107NO8/c1-6-8-10-12-14-16-18-19-20-21-22-23-24-25-26-27-28-29-30-31-32-33-34-35-36-37-38-39-40-41-42-44-46-48-50-52-59(64)70-57(56-69-61(60(65)66)67-54-53-62(3,4)5)55-68-58(63)51-49-47-45-43-17-15-13-11-9-7-2/h8,10-11,13-14,16,19-20,22-23,25-26,57,61H,6-7,9,12,15,17-18,21,24,27-56H2,1-5H3/b10-8-,13-11-,16-14-,20-19-,23-22-,26-25-. The Hall–Kier alpha value is -3.27. The first-order chi connectivity index (χ1) is 34.1. The molecule has 0 amide bonds. The van der Waals surface area contributed by atoms with Crippen molar-refractivity contribution in [1.29, 1.82) is 0 Å². The third kappa shape index (κ3) is 52.6. The van der Waals surface area contributed by atoms with Gasteiger partial charge in [-0.1, -0.05) is 222 Å². The van der Waals surface area contributed by atoms with Crippen molar-refractivity contribution in [3.8, 4) is 0 Å². The molecule has 0 saturated carbocycles. The Balaban J connectivity index is 4.01. The molecule has 9 nitrogen and oxygen atoms in total. The van der Waals surface area contributed by atoms with Gasteiger partial charge in [-0.25, -0.2) is 0 Å². The molecule has 0 aromatic carbocycles. The van der Waals surface area contributed by atoms with Gasteiger partial charge in [-0.2, -0.15) is 0 Å². The summed E-state index contributed by atoms with van der Waals surface area (Å²) in [5.41, 5.74) is 0. The largest absolute Gasteiger partial charge is 0.545 e. The van der Waals surface area contributed by atoms with Crippen LogP contribution in [0, 0.1) is 0 Å². The summed E-state index contributed by atoms with van der Waals surface area (Å²) in [5.74, 6) is -2.29. The Morgan fingerprint density at radius 1 is 0.443 bits per heavy atom. The Morgan fingerprint density at radius 3 is 1.23 bits per heavy atom. The normalized spacial score (nSPS) is 13.3. The number of carboxylic acids is 1. The SMILES string of the molecule is CC/C=C\C/C=C\C/C=C\C/C=C\C/C=C\CCCCCCCCCCCCCCCCCCCCCC(=O)OC(COC(=O)CCCCCCC/C=C\CCC)COC(OCC[N+](C)(C)C)C(=O)[O-]. The summed E-state index contributed by atoms with van der Waals surface area (Å²) in [7, 11) is 5.91. The highest BCUT2D eigenvalue weighted by Gasteiger charge is 2.22. The lowest BCUT2D eigenvalue weighted by molar-refractivity contribution is -0.870. The minimum Gasteiger partial charge on any atom is -0.545 e. The quantitative estimate of drug-likeness (QED) is 0.0195. The average Bonchev–Trinajstić information content (AvgIpc) is 3.33. The molecule has 0 aromatic rings. The molecule has 2 atom stereocenters. The summed E-state index contributed by atoms with van der Waals surface area (Å²) < 4.78 is 22.6. The summed E-state index contributed by atoms with van der Waals surface area (Å²) in [4.78, 5) is 37.1. The molecule has 0 N–H and O–H groups in total. The Morgan fingerprint density at radius 2 is 0.814 bits per heavy atom. The summed E-state index contributed by atoms with van der Waals surface area (Å²) in [6.45, 7) is 4.56. The number of ether oxygens (including phenoxy) is 4. The number of hydrogen-bond donors (Lipinski definition) is 0. The minimum absolute atomic E-state index is 0.146. The second-order valence-corrected chi connectivity index (χ2v) is 20.2. The van der Waals surface area contributed by atoms with Crippen LogP contribution in [-0.2, 0) is 33.3 Å². The van der Waals surface area contributed by atoms with Crippen molar-refractivity contribution in [2.24, 2.45) is 0 Å². The molecule has 404 valence electrons. The number of rotatable bonds is 52. The summed E-state index contributed by atoms with van der Waals surface area (Å²) in [6.07, 6.45) is 64.1. The fraction of sp³-hybridized carbons (Fsp3) is 0.754. The van der Waals surface area contributed by atoms with Gasteiger partial charge >= 0.3 is 11.9 Å². The van der Waals surface area contributed by atoms with E-state index in [1.807, 2.05) is 21.1 Å². The van der Waals surface area contributed by atoms with Gasteiger partial charge in [0.05, 0.1) is 40.3 Å². The Labute approximate surface area is 430 Å². The van der Waals surface area contributed by atoms with Crippen LogP contribution in [0.5, 0.6) is 0 Å². The van der Waals surface area contributed by atoms with E-state index in [0.717, 1.165) is 89.9 Å². The molecule has 0 bridgehead atoms. The fourth-order valence-electron chi connectivity index (χ4n) is 7.80. The molecule has 0 aliphatic heterocycles. The molecule has 0 spiro atoms. The first-order valence-corrected chi connectivity index (χ1v) is 28.6. The number of allylic oxidation sites excluding steroid dienone is 12. The van der Waals surface area contributed by atoms with Gasteiger partial charge in [-0.3, -0.25) is 9.59 Å². The zero-order valence-electron chi connectivity index (χ0n) is 45.9. The molecule has 0 rings (SSSR count). The van der Waals surface area contributed by atoms with Crippen LogP contribution in [-0.4, -0.2) is 82.3 Å². The van der Waals surface area contributed by atoms with Crippen LogP contribution in [0.25, 0.3) is 0 Å². The van der Waals surface area contributed by atoms with Crippen molar-refractivity contribution in [1.82, 2.24) is 0 Å². The monoisotopic (exact) mass is 982 g/mol. The molecule has 0 heterocycles. The predicted octanol–water partition coefficient (Wildman–Crippen LogP) is 15.3. The van der Waals surface area contributed by atoms with E-state index < -0.39 is 24.3 Å². The van der Waals surface area contributed by atoms with E-state index in [2.05, 4.69) is 86.8 Å². The van der Waals surface area contributed by atoms with E-state index in [-0.39, 0.29) is 38.6 Å². The van der Waals surface area contributed by atoms with Gasteiger partial charge in [0.25, 0.3) is 0 Å². The molecule has 0 saturated heterocycles. The number of quaternary nitrogens is 1. The van der Waals surface area contributed by atoms with Crippen molar-refractivity contribution in [2.45, 2.75) is 251 Å². The van der Waals surface area contributed by atoms with Gasteiger partial charge in [-0.05, 0) is 77.0 Å². The third-order valence-corrected chi connectivity index (χ3v) is 12.2. The Kier molecular flexibility index (Phi) is 49.6. The number of likely N-dealkylation sites (N-methyl/N-ethyl adjacent to an activating group) is 1.